The summed E-state index contributed by atoms with van der Waals surface area (Å²) < 4.78 is 1.08. The molecule has 21 heavy (non-hydrogen) atoms. The number of aromatic nitrogens is 1. The molecule has 0 aliphatic carbocycles. The molecule has 110 valence electrons. The van der Waals surface area contributed by atoms with Crippen molar-refractivity contribution in [3.05, 3.63) is 51.2 Å². The maximum absolute atomic E-state index is 12.3. The zero-order chi connectivity index (χ0) is 15.2. The van der Waals surface area contributed by atoms with Gasteiger partial charge >= 0.3 is 0 Å². The minimum atomic E-state index is -0.123. The van der Waals surface area contributed by atoms with Gasteiger partial charge < -0.3 is 10.6 Å². The number of aryl methyl sites for hydroxylation is 1. The van der Waals surface area contributed by atoms with Crippen LogP contribution in [0, 0.1) is 10.5 Å². The predicted octanol–water partition coefficient (Wildman–Crippen LogP) is 4.07. The Morgan fingerprint density at radius 3 is 2.81 bits per heavy atom. The van der Waals surface area contributed by atoms with Gasteiger partial charge in [0, 0.05) is 27.1 Å². The number of hydrogen-bond donors (Lipinski definition) is 2. The van der Waals surface area contributed by atoms with Crippen LogP contribution < -0.4 is 10.6 Å². The highest BCUT2D eigenvalue weighted by atomic mass is 127. The molecule has 0 unspecified atom stereocenters. The van der Waals surface area contributed by atoms with Crippen LogP contribution in [0.25, 0.3) is 0 Å². The molecule has 2 aromatic rings. The highest BCUT2D eigenvalue weighted by Gasteiger charge is 2.09. The molecule has 0 atom stereocenters. The summed E-state index contributed by atoms with van der Waals surface area (Å²) in [6.45, 7) is 4.82. The molecule has 2 rings (SSSR count). The molecule has 0 aliphatic heterocycles. The van der Waals surface area contributed by atoms with Gasteiger partial charge in [-0.25, -0.2) is 4.98 Å². The van der Waals surface area contributed by atoms with E-state index in [4.69, 9.17) is 0 Å². The molecular formula is C16H18IN3O. The first-order valence-corrected chi connectivity index (χ1v) is 7.96. The van der Waals surface area contributed by atoms with Crippen molar-refractivity contribution < 1.29 is 4.79 Å². The van der Waals surface area contributed by atoms with Crippen molar-refractivity contribution >= 4 is 40.0 Å². The number of amides is 1. The van der Waals surface area contributed by atoms with Gasteiger partial charge in [-0.15, -0.1) is 0 Å². The second-order valence-corrected chi connectivity index (χ2v) is 6.02. The van der Waals surface area contributed by atoms with Gasteiger partial charge in [0.2, 0.25) is 0 Å². The van der Waals surface area contributed by atoms with Crippen molar-refractivity contribution in [3.63, 3.8) is 0 Å². The van der Waals surface area contributed by atoms with Gasteiger partial charge in [-0.3, -0.25) is 4.79 Å². The van der Waals surface area contributed by atoms with Crippen molar-refractivity contribution in [1.29, 1.82) is 0 Å². The van der Waals surface area contributed by atoms with E-state index in [1.807, 2.05) is 31.2 Å². The van der Waals surface area contributed by atoms with E-state index in [-0.39, 0.29) is 5.91 Å². The molecule has 1 heterocycles. The van der Waals surface area contributed by atoms with Crippen molar-refractivity contribution in [3.8, 4) is 0 Å². The fourth-order valence-electron chi connectivity index (χ4n) is 1.91. The van der Waals surface area contributed by atoms with E-state index in [2.05, 4.69) is 45.1 Å². The highest BCUT2D eigenvalue weighted by molar-refractivity contribution is 14.1. The summed E-state index contributed by atoms with van der Waals surface area (Å²) in [5, 5.41) is 6.12. The summed E-state index contributed by atoms with van der Waals surface area (Å²) in [7, 11) is 0. The Bertz CT molecular complexity index is 643. The molecule has 0 spiro atoms. The van der Waals surface area contributed by atoms with Gasteiger partial charge in [0.1, 0.15) is 5.82 Å². The summed E-state index contributed by atoms with van der Waals surface area (Å²) in [4.78, 5) is 16.7. The lowest BCUT2D eigenvalue weighted by atomic mass is 10.2. The van der Waals surface area contributed by atoms with Crippen LogP contribution in [-0.4, -0.2) is 17.4 Å². The molecule has 0 fully saturated rings. The van der Waals surface area contributed by atoms with Crippen LogP contribution in [0.5, 0.6) is 0 Å². The molecule has 5 heteroatoms. The number of hydrogen-bond acceptors (Lipinski definition) is 3. The smallest absolute Gasteiger partial charge is 0.255 e. The molecule has 1 amide bonds. The van der Waals surface area contributed by atoms with E-state index in [0.717, 1.165) is 33.7 Å². The fraction of sp³-hybridized carbons (Fsp3) is 0.250. The number of carbonyl (C=O) groups is 1. The van der Waals surface area contributed by atoms with Crippen LogP contribution in [0.2, 0.25) is 0 Å². The Morgan fingerprint density at radius 1 is 1.29 bits per heavy atom. The quantitative estimate of drug-likeness (QED) is 0.751. The number of pyridine rings is 1. The molecule has 1 aromatic carbocycles. The van der Waals surface area contributed by atoms with E-state index in [9.17, 15) is 4.79 Å². The van der Waals surface area contributed by atoms with Crippen LogP contribution in [-0.2, 0) is 0 Å². The van der Waals surface area contributed by atoms with E-state index in [1.165, 1.54) is 0 Å². The molecule has 0 saturated carbocycles. The van der Waals surface area contributed by atoms with Gasteiger partial charge in [-0.1, -0.05) is 13.0 Å². The number of benzene rings is 1. The lowest BCUT2D eigenvalue weighted by molar-refractivity contribution is 0.102. The molecule has 2 N–H and O–H groups in total. The average Bonchev–Trinajstić information content (AvgIpc) is 2.44. The normalized spacial score (nSPS) is 10.2. The SMILES string of the molecule is CCCNc1cc(C(=O)Nc2cccc(I)c2)cc(C)n1. The number of nitrogens with zero attached hydrogens (tertiary/aromatic N) is 1. The zero-order valence-corrected chi connectivity index (χ0v) is 14.3. The second kappa shape index (κ2) is 7.40. The van der Waals surface area contributed by atoms with Crippen molar-refractivity contribution in [2.45, 2.75) is 20.3 Å². The topological polar surface area (TPSA) is 54.0 Å². The van der Waals surface area contributed by atoms with E-state index < -0.39 is 0 Å². The molecule has 0 bridgehead atoms. The highest BCUT2D eigenvalue weighted by Crippen LogP contribution is 2.15. The summed E-state index contributed by atoms with van der Waals surface area (Å²) >= 11 is 2.22. The van der Waals surface area contributed by atoms with E-state index in [1.54, 1.807) is 12.1 Å². The van der Waals surface area contributed by atoms with Crippen LogP contribution >= 0.6 is 22.6 Å². The van der Waals surface area contributed by atoms with Crippen LogP contribution in [0.3, 0.4) is 0 Å². The minimum Gasteiger partial charge on any atom is -0.370 e. The minimum absolute atomic E-state index is 0.123. The Hall–Kier alpha value is -1.63. The summed E-state index contributed by atoms with van der Waals surface area (Å²) in [5.41, 5.74) is 2.23. The Morgan fingerprint density at radius 2 is 2.10 bits per heavy atom. The monoisotopic (exact) mass is 395 g/mol. The van der Waals surface area contributed by atoms with Crippen LogP contribution in [0.15, 0.2) is 36.4 Å². The molecule has 0 aliphatic rings. The largest absolute Gasteiger partial charge is 0.370 e. The van der Waals surface area contributed by atoms with Gasteiger partial charge in [0.05, 0.1) is 0 Å². The van der Waals surface area contributed by atoms with E-state index >= 15 is 0 Å². The van der Waals surface area contributed by atoms with Gasteiger partial charge in [-0.2, -0.15) is 0 Å². The maximum atomic E-state index is 12.3. The van der Waals surface area contributed by atoms with Crippen molar-refractivity contribution in [1.82, 2.24) is 4.98 Å². The molecule has 0 radical (unpaired) electrons. The first-order chi connectivity index (χ1) is 10.1. The lowest BCUT2D eigenvalue weighted by Crippen LogP contribution is -2.13. The number of nitrogens with one attached hydrogen (secondary N) is 2. The number of anilines is 2. The number of rotatable bonds is 5. The lowest BCUT2D eigenvalue weighted by Gasteiger charge is -2.09. The molecular weight excluding hydrogens is 377 g/mol. The third-order valence-corrected chi connectivity index (χ3v) is 3.53. The van der Waals surface area contributed by atoms with Gasteiger partial charge in [0.15, 0.2) is 0 Å². The zero-order valence-electron chi connectivity index (χ0n) is 12.1. The third kappa shape index (κ3) is 4.70. The Balaban J connectivity index is 2.16. The number of carbonyl (C=O) groups excluding carboxylic acids is 1. The average molecular weight is 395 g/mol. The van der Waals surface area contributed by atoms with Crippen molar-refractivity contribution in [2.24, 2.45) is 0 Å². The molecule has 0 saturated heterocycles. The van der Waals surface area contributed by atoms with Gasteiger partial charge in [0.25, 0.3) is 5.91 Å². The summed E-state index contributed by atoms with van der Waals surface area (Å²) in [5.74, 6) is 0.617. The standard InChI is InChI=1S/C16H18IN3O/c1-3-7-18-15-9-12(8-11(2)19-15)16(21)20-14-6-4-5-13(17)10-14/h4-6,8-10H,3,7H2,1-2H3,(H,18,19)(H,20,21). The predicted molar refractivity (Wildman–Crippen MR) is 94.9 cm³/mol. The maximum Gasteiger partial charge on any atom is 0.255 e. The Labute approximate surface area is 138 Å². The molecule has 1 aromatic heterocycles. The third-order valence-electron chi connectivity index (χ3n) is 2.85. The van der Waals surface area contributed by atoms with Crippen LogP contribution in [0.4, 0.5) is 11.5 Å². The van der Waals surface area contributed by atoms with Crippen molar-refractivity contribution in [2.75, 3.05) is 17.2 Å². The second-order valence-electron chi connectivity index (χ2n) is 4.77. The summed E-state index contributed by atoms with van der Waals surface area (Å²) in [6, 6.07) is 11.3. The summed E-state index contributed by atoms with van der Waals surface area (Å²) in [6.07, 6.45) is 1.01. The Kier molecular flexibility index (Phi) is 5.55. The number of halogens is 1. The molecule has 4 nitrogen and oxygen atoms in total. The van der Waals surface area contributed by atoms with E-state index in [0.29, 0.717) is 5.56 Å². The fourth-order valence-corrected chi connectivity index (χ4v) is 2.46. The first-order valence-electron chi connectivity index (χ1n) is 6.88. The first kappa shape index (κ1) is 15.8. The van der Waals surface area contributed by atoms with Crippen LogP contribution in [0.1, 0.15) is 29.4 Å². The van der Waals surface area contributed by atoms with Gasteiger partial charge in [-0.05, 0) is 66.3 Å².